The SMILES string of the molecule is [2H]C([2H])([2H])C([2H])(C)c1ccc(-c2c(C)ccc3c2oc2ccc4ccccc4c23)[n+](C)c1. The van der Waals surface area contributed by atoms with Crippen LogP contribution in [0.2, 0.25) is 0 Å². The van der Waals surface area contributed by atoms with Gasteiger partial charge in [-0.3, -0.25) is 0 Å². The standard InChI is InChI=1S/C26H24NO/c1-16(2)19-10-13-22(27(4)15-19)24-17(3)9-12-21-25-20-8-6-5-7-18(20)11-14-23(25)28-26(21)24/h5-16H,1-4H3/q+1/i1D3,16D. The smallest absolute Gasteiger partial charge is 0.216 e. The summed E-state index contributed by atoms with van der Waals surface area (Å²) in [6.07, 6.45) is 1.74. The van der Waals surface area contributed by atoms with Gasteiger partial charge in [-0.2, -0.15) is 0 Å². The van der Waals surface area contributed by atoms with Crippen molar-refractivity contribution >= 4 is 32.7 Å². The molecule has 138 valence electrons. The number of rotatable bonds is 2. The van der Waals surface area contributed by atoms with Crippen LogP contribution in [-0.4, -0.2) is 0 Å². The maximum absolute atomic E-state index is 8.42. The summed E-state index contributed by atoms with van der Waals surface area (Å²) >= 11 is 0. The van der Waals surface area contributed by atoms with Gasteiger partial charge in [-0.1, -0.05) is 56.2 Å². The number of nitrogens with zero attached hydrogens (tertiary/aromatic N) is 1. The molecule has 0 fully saturated rings. The van der Waals surface area contributed by atoms with Crippen LogP contribution in [0.3, 0.4) is 0 Å². The Kier molecular flexibility index (Phi) is 2.90. The van der Waals surface area contributed by atoms with Crippen molar-refractivity contribution in [1.82, 2.24) is 0 Å². The van der Waals surface area contributed by atoms with E-state index in [0.29, 0.717) is 5.56 Å². The summed E-state index contributed by atoms with van der Waals surface area (Å²) in [7, 11) is 1.88. The van der Waals surface area contributed by atoms with Crippen molar-refractivity contribution < 1.29 is 14.5 Å². The molecule has 1 unspecified atom stereocenters. The van der Waals surface area contributed by atoms with Crippen molar-refractivity contribution in [2.24, 2.45) is 7.05 Å². The molecular formula is C26H24NO+. The zero-order chi connectivity index (χ0) is 22.8. The molecule has 5 aromatic rings. The van der Waals surface area contributed by atoms with E-state index in [2.05, 4.69) is 30.3 Å². The van der Waals surface area contributed by atoms with Gasteiger partial charge in [0.1, 0.15) is 18.2 Å². The van der Waals surface area contributed by atoms with Gasteiger partial charge >= 0.3 is 0 Å². The Hall–Kier alpha value is -3.13. The van der Waals surface area contributed by atoms with E-state index in [1.54, 1.807) is 12.3 Å². The Balaban J connectivity index is 1.78. The predicted octanol–water partition coefficient (Wildman–Crippen LogP) is 6.66. The summed E-state index contributed by atoms with van der Waals surface area (Å²) in [5, 5.41) is 4.47. The van der Waals surface area contributed by atoms with Crippen LogP contribution in [0, 0.1) is 6.92 Å². The number of pyridine rings is 1. The normalized spacial score (nSPS) is 16.5. The van der Waals surface area contributed by atoms with Gasteiger partial charge in [-0.05, 0) is 41.3 Å². The lowest BCUT2D eigenvalue weighted by atomic mass is 9.97. The molecular weight excluding hydrogens is 342 g/mol. The van der Waals surface area contributed by atoms with Crippen LogP contribution in [0.5, 0.6) is 0 Å². The summed E-state index contributed by atoms with van der Waals surface area (Å²) in [6, 6.07) is 20.2. The second-order valence-corrected chi connectivity index (χ2v) is 7.43. The van der Waals surface area contributed by atoms with E-state index < -0.39 is 12.7 Å². The molecule has 0 aliphatic rings. The van der Waals surface area contributed by atoms with Crippen LogP contribution >= 0.6 is 0 Å². The lowest BCUT2D eigenvalue weighted by Crippen LogP contribution is -2.31. The van der Waals surface area contributed by atoms with Crippen LogP contribution in [0.1, 0.15) is 36.3 Å². The first-order valence-corrected chi connectivity index (χ1v) is 9.44. The highest BCUT2D eigenvalue weighted by atomic mass is 16.3. The summed E-state index contributed by atoms with van der Waals surface area (Å²) < 4.78 is 40.0. The number of fused-ring (bicyclic) bond motifs is 5. The summed E-state index contributed by atoms with van der Waals surface area (Å²) in [6.45, 7) is 1.06. The number of aryl methyl sites for hydroxylation is 2. The van der Waals surface area contributed by atoms with Crippen molar-refractivity contribution in [3.63, 3.8) is 0 Å². The van der Waals surface area contributed by atoms with Crippen molar-refractivity contribution in [3.8, 4) is 11.3 Å². The maximum Gasteiger partial charge on any atom is 0.216 e. The molecule has 3 aromatic carbocycles. The quantitative estimate of drug-likeness (QED) is 0.317. The van der Waals surface area contributed by atoms with Crippen molar-refractivity contribution in [2.75, 3.05) is 0 Å². The van der Waals surface area contributed by atoms with Crippen LogP contribution in [0.15, 0.2) is 71.3 Å². The van der Waals surface area contributed by atoms with Gasteiger partial charge in [-0.25, -0.2) is 4.57 Å². The van der Waals surface area contributed by atoms with Crippen LogP contribution in [0.4, 0.5) is 0 Å². The Labute approximate surface area is 170 Å². The molecule has 2 heterocycles. The minimum Gasteiger partial charge on any atom is -0.455 e. The maximum atomic E-state index is 8.42. The van der Waals surface area contributed by atoms with Crippen molar-refractivity contribution in [1.29, 1.82) is 0 Å². The highest BCUT2D eigenvalue weighted by Gasteiger charge is 2.21. The molecule has 2 aromatic heterocycles. The monoisotopic (exact) mass is 370 g/mol. The van der Waals surface area contributed by atoms with Crippen molar-refractivity contribution in [3.05, 3.63) is 78.0 Å². The van der Waals surface area contributed by atoms with E-state index in [1.807, 2.05) is 42.8 Å². The van der Waals surface area contributed by atoms with Gasteiger partial charge in [0.2, 0.25) is 5.69 Å². The van der Waals surface area contributed by atoms with Gasteiger partial charge < -0.3 is 4.42 Å². The molecule has 2 nitrogen and oxygen atoms in total. The zero-order valence-electron chi connectivity index (χ0n) is 20.2. The number of hydrogen-bond donors (Lipinski definition) is 0. The number of furan rings is 1. The molecule has 2 heteroatoms. The molecule has 0 N–H and O–H groups in total. The second kappa shape index (κ2) is 6.20. The van der Waals surface area contributed by atoms with Gasteiger partial charge in [0.05, 0.1) is 5.56 Å². The Morgan fingerprint density at radius 1 is 1.00 bits per heavy atom. The number of benzene rings is 3. The first-order valence-electron chi connectivity index (χ1n) is 11.4. The van der Waals surface area contributed by atoms with Crippen LogP contribution in [0.25, 0.3) is 44.0 Å². The van der Waals surface area contributed by atoms with E-state index >= 15 is 0 Å². The third-order valence-corrected chi connectivity index (χ3v) is 5.56. The summed E-state index contributed by atoms with van der Waals surface area (Å²) in [5.41, 5.74) is 5.03. The number of hydrogen-bond acceptors (Lipinski definition) is 1. The second-order valence-electron chi connectivity index (χ2n) is 7.43. The fourth-order valence-corrected chi connectivity index (χ4v) is 4.12. The Bertz CT molecular complexity index is 1510. The largest absolute Gasteiger partial charge is 0.455 e. The highest BCUT2D eigenvalue weighted by molar-refractivity contribution is 6.20. The summed E-state index contributed by atoms with van der Waals surface area (Å²) in [4.78, 5) is 0. The first kappa shape index (κ1) is 13.1. The van der Waals surface area contributed by atoms with E-state index in [9.17, 15) is 0 Å². The zero-order valence-corrected chi connectivity index (χ0v) is 16.2. The van der Waals surface area contributed by atoms with E-state index in [-0.39, 0.29) is 0 Å². The highest BCUT2D eigenvalue weighted by Crippen LogP contribution is 2.39. The van der Waals surface area contributed by atoms with Gasteiger partial charge in [0, 0.05) is 27.9 Å². The molecule has 5 rings (SSSR count). The molecule has 0 bridgehead atoms. The molecule has 0 radical (unpaired) electrons. The topological polar surface area (TPSA) is 17.0 Å². The molecule has 28 heavy (non-hydrogen) atoms. The molecule has 0 saturated heterocycles. The molecule has 0 saturated carbocycles. The minimum absolute atomic E-state index is 0.448. The molecule has 0 aliphatic heterocycles. The lowest BCUT2D eigenvalue weighted by Gasteiger charge is -2.08. The Morgan fingerprint density at radius 2 is 1.86 bits per heavy atom. The van der Waals surface area contributed by atoms with Gasteiger partial charge in [0.25, 0.3) is 0 Å². The number of aromatic nitrogens is 1. The minimum atomic E-state index is -2.42. The third-order valence-electron chi connectivity index (χ3n) is 5.56. The van der Waals surface area contributed by atoms with Gasteiger partial charge in [0.15, 0.2) is 6.20 Å². The van der Waals surface area contributed by atoms with E-state index in [0.717, 1.165) is 44.1 Å². The molecule has 0 aliphatic carbocycles. The lowest BCUT2D eigenvalue weighted by molar-refractivity contribution is -0.660. The average Bonchev–Trinajstić information content (AvgIpc) is 3.12. The fraction of sp³-hybridized carbons (Fsp3) is 0.192. The van der Waals surface area contributed by atoms with E-state index in [4.69, 9.17) is 9.90 Å². The van der Waals surface area contributed by atoms with Crippen molar-refractivity contribution in [2.45, 2.75) is 26.6 Å². The Morgan fingerprint density at radius 3 is 2.68 bits per heavy atom. The average molecular weight is 371 g/mol. The molecule has 0 spiro atoms. The summed E-state index contributed by atoms with van der Waals surface area (Å²) in [5.74, 6) is -1.69. The van der Waals surface area contributed by atoms with E-state index in [1.165, 1.54) is 12.3 Å². The predicted molar refractivity (Wildman–Crippen MR) is 117 cm³/mol. The van der Waals surface area contributed by atoms with Crippen LogP contribution in [-0.2, 0) is 7.05 Å². The molecule has 0 amide bonds. The first-order chi connectivity index (χ1) is 15.1. The van der Waals surface area contributed by atoms with Crippen LogP contribution < -0.4 is 4.57 Å². The third kappa shape index (κ3) is 2.45. The fourth-order valence-electron chi connectivity index (χ4n) is 4.12. The van der Waals surface area contributed by atoms with Gasteiger partial charge in [-0.15, -0.1) is 0 Å². The molecule has 1 atom stereocenters.